The highest BCUT2D eigenvalue weighted by molar-refractivity contribution is 5.93. The van der Waals surface area contributed by atoms with Crippen LogP contribution in [0.3, 0.4) is 0 Å². The van der Waals surface area contributed by atoms with Gasteiger partial charge in [-0.2, -0.15) is 0 Å². The third-order valence-electron chi connectivity index (χ3n) is 5.00. The predicted octanol–water partition coefficient (Wildman–Crippen LogP) is 3.42. The molecular weight excluding hydrogens is 342 g/mol. The Hall–Kier alpha value is -2.76. The van der Waals surface area contributed by atoms with E-state index in [9.17, 15) is 9.59 Å². The Morgan fingerprint density at radius 1 is 1.26 bits per heavy atom. The maximum Gasteiger partial charge on any atom is 0.317 e. The Bertz CT molecular complexity index is 765. The minimum absolute atomic E-state index is 0.0110. The van der Waals surface area contributed by atoms with E-state index in [1.165, 1.54) is 18.1 Å². The normalized spacial score (nSPS) is 14.8. The number of hydrogen-bond acceptors (Lipinski definition) is 3. The van der Waals surface area contributed by atoms with Gasteiger partial charge in [0.15, 0.2) is 0 Å². The summed E-state index contributed by atoms with van der Waals surface area (Å²) in [6.07, 6.45) is 4.50. The quantitative estimate of drug-likeness (QED) is 0.878. The van der Waals surface area contributed by atoms with Gasteiger partial charge in [-0.1, -0.05) is 29.8 Å². The molecule has 144 valence electrons. The van der Waals surface area contributed by atoms with Gasteiger partial charge in [0.2, 0.25) is 0 Å². The van der Waals surface area contributed by atoms with Gasteiger partial charge < -0.3 is 19.5 Å². The van der Waals surface area contributed by atoms with E-state index in [4.69, 9.17) is 4.42 Å². The summed E-state index contributed by atoms with van der Waals surface area (Å²) in [5, 5.41) is 3.13. The van der Waals surface area contributed by atoms with Crippen LogP contribution in [0.25, 0.3) is 0 Å². The lowest BCUT2D eigenvalue weighted by Crippen LogP contribution is -2.50. The van der Waals surface area contributed by atoms with E-state index in [0.29, 0.717) is 31.7 Å². The molecule has 0 bridgehead atoms. The van der Waals surface area contributed by atoms with E-state index >= 15 is 0 Å². The number of aryl methyl sites for hydroxylation is 1. The fourth-order valence-corrected chi connectivity index (χ4v) is 3.42. The highest BCUT2D eigenvalue weighted by Gasteiger charge is 2.26. The van der Waals surface area contributed by atoms with Crippen LogP contribution in [0.1, 0.15) is 41.3 Å². The minimum Gasteiger partial charge on any atom is -0.472 e. The number of nitrogens with zero attached hydrogens (tertiary/aromatic N) is 2. The molecule has 0 radical (unpaired) electrons. The van der Waals surface area contributed by atoms with Gasteiger partial charge in [0.05, 0.1) is 11.8 Å². The molecule has 1 N–H and O–H groups in total. The zero-order valence-corrected chi connectivity index (χ0v) is 16.0. The summed E-state index contributed by atoms with van der Waals surface area (Å²) in [6.45, 7) is 6.57. The minimum atomic E-state index is -0.0429. The van der Waals surface area contributed by atoms with Crippen LogP contribution in [0.4, 0.5) is 4.79 Å². The molecule has 1 aliphatic rings. The number of benzene rings is 1. The smallest absolute Gasteiger partial charge is 0.317 e. The SMILES string of the molecule is CCN(Cc1cccc(C)c1)C(=O)NC1CCN(C(=O)c2ccoc2)CC1. The molecule has 27 heavy (non-hydrogen) atoms. The third-order valence-corrected chi connectivity index (χ3v) is 5.00. The van der Waals surface area contributed by atoms with E-state index in [1.54, 1.807) is 6.07 Å². The van der Waals surface area contributed by atoms with Crippen LogP contribution < -0.4 is 5.32 Å². The Morgan fingerprint density at radius 3 is 2.67 bits per heavy atom. The highest BCUT2D eigenvalue weighted by atomic mass is 16.3. The molecule has 6 nitrogen and oxygen atoms in total. The molecule has 0 atom stereocenters. The second-order valence-corrected chi connectivity index (χ2v) is 7.03. The number of piperidine rings is 1. The number of carbonyl (C=O) groups is 2. The van der Waals surface area contributed by atoms with Gasteiger partial charge >= 0.3 is 6.03 Å². The molecule has 1 aliphatic heterocycles. The molecule has 3 amide bonds. The van der Waals surface area contributed by atoms with Crippen LogP contribution >= 0.6 is 0 Å². The van der Waals surface area contributed by atoms with Crippen LogP contribution in [0.5, 0.6) is 0 Å². The third kappa shape index (κ3) is 4.90. The standard InChI is InChI=1S/C21H27N3O3/c1-3-23(14-17-6-4-5-16(2)13-17)21(26)22-19-7-10-24(11-8-19)20(25)18-9-12-27-15-18/h4-6,9,12-13,15,19H,3,7-8,10-11,14H2,1-2H3,(H,22,26). The average Bonchev–Trinajstić information content (AvgIpc) is 3.21. The second kappa shape index (κ2) is 8.75. The molecule has 0 spiro atoms. The Balaban J connectivity index is 1.50. The summed E-state index contributed by atoms with van der Waals surface area (Å²) in [5.74, 6) is -0.0110. The van der Waals surface area contributed by atoms with Crippen molar-refractivity contribution >= 4 is 11.9 Å². The molecule has 6 heteroatoms. The lowest BCUT2D eigenvalue weighted by Gasteiger charge is -2.33. The first-order valence-electron chi connectivity index (χ1n) is 9.49. The van der Waals surface area contributed by atoms with Crippen LogP contribution in [0, 0.1) is 6.92 Å². The lowest BCUT2D eigenvalue weighted by atomic mass is 10.0. The maximum absolute atomic E-state index is 12.7. The molecule has 0 saturated carbocycles. The second-order valence-electron chi connectivity index (χ2n) is 7.03. The Morgan fingerprint density at radius 2 is 2.04 bits per heavy atom. The first-order valence-corrected chi connectivity index (χ1v) is 9.49. The number of carbonyl (C=O) groups excluding carboxylic acids is 2. The highest BCUT2D eigenvalue weighted by Crippen LogP contribution is 2.15. The number of rotatable bonds is 5. The van der Waals surface area contributed by atoms with Crippen molar-refractivity contribution in [2.45, 2.75) is 39.3 Å². The van der Waals surface area contributed by atoms with Crippen molar-refractivity contribution in [2.75, 3.05) is 19.6 Å². The largest absolute Gasteiger partial charge is 0.472 e. The summed E-state index contributed by atoms with van der Waals surface area (Å²) in [4.78, 5) is 28.6. The van der Waals surface area contributed by atoms with E-state index in [0.717, 1.165) is 18.4 Å². The van der Waals surface area contributed by atoms with Gasteiger partial charge in [-0.15, -0.1) is 0 Å². The summed E-state index contributed by atoms with van der Waals surface area (Å²) >= 11 is 0. The Labute approximate surface area is 160 Å². The average molecular weight is 369 g/mol. The summed E-state index contributed by atoms with van der Waals surface area (Å²) < 4.78 is 4.99. The van der Waals surface area contributed by atoms with Gasteiger partial charge in [-0.05, 0) is 38.3 Å². The number of amides is 3. The molecule has 2 aromatic rings. The molecule has 1 fully saturated rings. The topological polar surface area (TPSA) is 65.8 Å². The lowest BCUT2D eigenvalue weighted by molar-refractivity contribution is 0.0705. The van der Waals surface area contributed by atoms with Crippen molar-refractivity contribution in [3.8, 4) is 0 Å². The number of nitrogens with one attached hydrogen (secondary N) is 1. The fraction of sp³-hybridized carbons (Fsp3) is 0.429. The maximum atomic E-state index is 12.7. The van der Waals surface area contributed by atoms with Crippen molar-refractivity contribution < 1.29 is 14.0 Å². The molecule has 3 rings (SSSR count). The molecule has 0 unspecified atom stereocenters. The van der Waals surface area contributed by atoms with Gasteiger partial charge in [0, 0.05) is 32.2 Å². The van der Waals surface area contributed by atoms with Crippen LogP contribution in [0.15, 0.2) is 47.3 Å². The van der Waals surface area contributed by atoms with Gasteiger partial charge in [0.1, 0.15) is 6.26 Å². The van der Waals surface area contributed by atoms with Crippen molar-refractivity contribution in [1.29, 1.82) is 0 Å². The van der Waals surface area contributed by atoms with Crippen molar-refractivity contribution in [1.82, 2.24) is 15.1 Å². The van der Waals surface area contributed by atoms with Crippen molar-refractivity contribution in [2.24, 2.45) is 0 Å². The first kappa shape index (κ1) is 19.0. The first-order chi connectivity index (χ1) is 13.1. The monoisotopic (exact) mass is 369 g/mol. The van der Waals surface area contributed by atoms with E-state index in [1.807, 2.05) is 28.9 Å². The van der Waals surface area contributed by atoms with Crippen molar-refractivity contribution in [3.05, 3.63) is 59.5 Å². The van der Waals surface area contributed by atoms with E-state index in [-0.39, 0.29) is 18.0 Å². The zero-order chi connectivity index (χ0) is 19.2. The van der Waals surface area contributed by atoms with E-state index in [2.05, 4.69) is 24.4 Å². The van der Waals surface area contributed by atoms with E-state index < -0.39 is 0 Å². The van der Waals surface area contributed by atoms with Gasteiger partial charge in [0.25, 0.3) is 5.91 Å². The number of furan rings is 1. The number of urea groups is 1. The summed E-state index contributed by atoms with van der Waals surface area (Å²) in [5.41, 5.74) is 2.90. The van der Waals surface area contributed by atoms with Crippen molar-refractivity contribution in [3.63, 3.8) is 0 Å². The Kier molecular flexibility index (Phi) is 6.16. The molecule has 1 aromatic carbocycles. The molecule has 2 heterocycles. The number of likely N-dealkylation sites (tertiary alicyclic amines) is 1. The van der Waals surface area contributed by atoms with Gasteiger partial charge in [-0.25, -0.2) is 4.79 Å². The van der Waals surface area contributed by atoms with Gasteiger partial charge in [-0.3, -0.25) is 4.79 Å². The molecule has 0 aliphatic carbocycles. The number of hydrogen-bond donors (Lipinski definition) is 1. The van der Waals surface area contributed by atoms with Crippen LogP contribution in [0.2, 0.25) is 0 Å². The summed E-state index contributed by atoms with van der Waals surface area (Å²) in [6, 6.07) is 9.96. The van der Waals surface area contributed by atoms with Crippen LogP contribution in [-0.4, -0.2) is 47.4 Å². The predicted molar refractivity (Wildman–Crippen MR) is 103 cm³/mol. The fourth-order valence-electron chi connectivity index (χ4n) is 3.42. The van der Waals surface area contributed by atoms with Crippen LogP contribution in [-0.2, 0) is 6.54 Å². The zero-order valence-electron chi connectivity index (χ0n) is 16.0. The molecule has 1 saturated heterocycles. The molecule has 1 aromatic heterocycles. The summed E-state index contributed by atoms with van der Waals surface area (Å²) in [7, 11) is 0. The molecular formula is C21H27N3O3.